The average molecular weight is 252 g/mol. The van der Waals surface area contributed by atoms with Gasteiger partial charge in [-0.25, -0.2) is 4.98 Å². The van der Waals surface area contributed by atoms with Crippen molar-refractivity contribution in [1.29, 1.82) is 0 Å². The minimum absolute atomic E-state index is 0.585. The van der Waals surface area contributed by atoms with Gasteiger partial charge in [0.25, 0.3) is 0 Å². The van der Waals surface area contributed by atoms with E-state index in [0.717, 1.165) is 35.0 Å². The van der Waals surface area contributed by atoms with Crippen molar-refractivity contribution in [2.75, 3.05) is 7.05 Å². The van der Waals surface area contributed by atoms with Gasteiger partial charge in [-0.05, 0) is 31.2 Å². The van der Waals surface area contributed by atoms with E-state index >= 15 is 0 Å². The zero-order chi connectivity index (χ0) is 12.4. The summed E-state index contributed by atoms with van der Waals surface area (Å²) in [6.07, 6.45) is 0. The molecule has 2 rings (SSSR count). The van der Waals surface area contributed by atoms with E-state index in [2.05, 4.69) is 28.7 Å². The summed E-state index contributed by atoms with van der Waals surface area (Å²) in [7, 11) is 1.94. The van der Waals surface area contributed by atoms with Crippen molar-refractivity contribution < 1.29 is 0 Å². The molecule has 2 aromatic rings. The van der Waals surface area contributed by atoms with Gasteiger partial charge in [0.05, 0.1) is 17.6 Å². The molecule has 0 unspecified atom stereocenters. The third-order valence-corrected chi connectivity index (χ3v) is 2.91. The summed E-state index contributed by atoms with van der Waals surface area (Å²) in [4.78, 5) is 4.64. The summed E-state index contributed by atoms with van der Waals surface area (Å²) >= 11 is 6.06. The van der Waals surface area contributed by atoms with Gasteiger partial charge in [-0.3, -0.25) is 0 Å². The number of hydrogen-bond acceptors (Lipinski definition) is 2. The molecule has 0 amide bonds. The van der Waals surface area contributed by atoms with Crippen LogP contribution in [0.3, 0.4) is 0 Å². The highest BCUT2D eigenvalue weighted by Gasteiger charge is 2.11. The van der Waals surface area contributed by atoms with Gasteiger partial charge in [0.2, 0.25) is 0 Å². The summed E-state index contributed by atoms with van der Waals surface area (Å²) in [6.45, 7) is 6.16. The van der Waals surface area contributed by atoms with Crippen LogP contribution < -0.4 is 5.32 Å². The fourth-order valence-corrected chi connectivity index (χ4v) is 2.17. The first-order chi connectivity index (χ1) is 8.11. The molecule has 0 aliphatic carbocycles. The summed E-state index contributed by atoms with van der Waals surface area (Å²) in [5, 5.41) is 3.92. The zero-order valence-corrected chi connectivity index (χ0v) is 11.3. The van der Waals surface area contributed by atoms with Crippen LogP contribution in [0.1, 0.15) is 19.7 Å². The SMILES string of the molecule is CNCc1nc2ccc(Cl)cc2n1CC(C)C. The lowest BCUT2D eigenvalue weighted by atomic mass is 10.2. The first kappa shape index (κ1) is 12.4. The van der Waals surface area contributed by atoms with Crippen molar-refractivity contribution in [2.45, 2.75) is 26.9 Å². The van der Waals surface area contributed by atoms with E-state index in [1.165, 1.54) is 0 Å². The maximum atomic E-state index is 6.06. The highest BCUT2D eigenvalue weighted by molar-refractivity contribution is 6.31. The van der Waals surface area contributed by atoms with Gasteiger partial charge in [0.1, 0.15) is 5.82 Å². The molecule has 0 saturated heterocycles. The number of rotatable bonds is 4. The summed E-state index contributed by atoms with van der Waals surface area (Å²) in [5.41, 5.74) is 2.14. The smallest absolute Gasteiger partial charge is 0.123 e. The third-order valence-electron chi connectivity index (χ3n) is 2.67. The van der Waals surface area contributed by atoms with Gasteiger partial charge in [-0.15, -0.1) is 0 Å². The molecular formula is C13H18ClN3. The molecule has 0 radical (unpaired) electrons. The van der Waals surface area contributed by atoms with Gasteiger partial charge in [0.15, 0.2) is 0 Å². The fraction of sp³-hybridized carbons (Fsp3) is 0.462. The maximum Gasteiger partial charge on any atom is 0.123 e. The number of nitrogens with zero attached hydrogens (tertiary/aromatic N) is 2. The predicted molar refractivity (Wildman–Crippen MR) is 72.3 cm³/mol. The van der Waals surface area contributed by atoms with Crippen LogP contribution in [-0.2, 0) is 13.1 Å². The number of halogens is 1. The quantitative estimate of drug-likeness (QED) is 0.905. The van der Waals surface area contributed by atoms with Crippen molar-refractivity contribution in [3.8, 4) is 0 Å². The molecule has 1 heterocycles. The van der Waals surface area contributed by atoms with E-state index in [9.17, 15) is 0 Å². The van der Waals surface area contributed by atoms with Crippen LogP contribution >= 0.6 is 11.6 Å². The second-order valence-electron chi connectivity index (χ2n) is 4.70. The molecular weight excluding hydrogens is 234 g/mol. The number of nitrogens with one attached hydrogen (secondary N) is 1. The number of benzene rings is 1. The monoisotopic (exact) mass is 251 g/mol. The highest BCUT2D eigenvalue weighted by Crippen LogP contribution is 2.21. The number of fused-ring (bicyclic) bond motifs is 1. The molecule has 17 heavy (non-hydrogen) atoms. The topological polar surface area (TPSA) is 29.9 Å². The molecule has 0 bridgehead atoms. The number of hydrogen-bond donors (Lipinski definition) is 1. The molecule has 1 N–H and O–H groups in total. The number of imidazole rings is 1. The Bertz CT molecular complexity index is 517. The third kappa shape index (κ3) is 2.61. The lowest BCUT2D eigenvalue weighted by molar-refractivity contribution is 0.511. The van der Waals surface area contributed by atoms with E-state index in [4.69, 9.17) is 11.6 Å². The van der Waals surface area contributed by atoms with Crippen LogP contribution in [0, 0.1) is 5.92 Å². The normalized spacial score (nSPS) is 11.6. The predicted octanol–water partition coefficient (Wildman–Crippen LogP) is 3.07. The van der Waals surface area contributed by atoms with Gasteiger partial charge in [-0.2, -0.15) is 0 Å². The van der Waals surface area contributed by atoms with Crippen molar-refractivity contribution in [1.82, 2.24) is 14.9 Å². The van der Waals surface area contributed by atoms with Gasteiger partial charge < -0.3 is 9.88 Å². The molecule has 1 aromatic heterocycles. The Kier molecular flexibility index (Phi) is 3.69. The van der Waals surface area contributed by atoms with Crippen LogP contribution in [0.5, 0.6) is 0 Å². The second-order valence-corrected chi connectivity index (χ2v) is 5.13. The van der Waals surface area contributed by atoms with Gasteiger partial charge >= 0.3 is 0 Å². The Hall–Kier alpha value is -1.06. The molecule has 0 spiro atoms. The van der Waals surface area contributed by atoms with Crippen LogP contribution in [0.25, 0.3) is 11.0 Å². The molecule has 1 aromatic carbocycles. The van der Waals surface area contributed by atoms with Crippen molar-refractivity contribution in [3.63, 3.8) is 0 Å². The Morgan fingerprint density at radius 2 is 2.18 bits per heavy atom. The largest absolute Gasteiger partial charge is 0.327 e. The molecule has 0 aliphatic rings. The van der Waals surface area contributed by atoms with E-state index in [1.54, 1.807) is 0 Å². The standard InChI is InChI=1S/C13H18ClN3/c1-9(2)8-17-12-6-10(14)4-5-11(12)16-13(17)7-15-3/h4-6,9,15H,7-8H2,1-3H3. The minimum atomic E-state index is 0.585. The van der Waals surface area contributed by atoms with E-state index in [-0.39, 0.29) is 0 Å². The van der Waals surface area contributed by atoms with Gasteiger partial charge in [0, 0.05) is 11.6 Å². The van der Waals surface area contributed by atoms with Crippen LogP contribution in [0.2, 0.25) is 5.02 Å². The Morgan fingerprint density at radius 3 is 2.82 bits per heavy atom. The summed E-state index contributed by atoms with van der Waals surface area (Å²) in [6, 6.07) is 5.86. The first-order valence-electron chi connectivity index (χ1n) is 5.91. The van der Waals surface area contributed by atoms with E-state index < -0.39 is 0 Å². The molecule has 92 valence electrons. The molecule has 0 saturated carbocycles. The Labute approximate surface area is 107 Å². The van der Waals surface area contributed by atoms with Gasteiger partial charge in [-0.1, -0.05) is 25.4 Å². The highest BCUT2D eigenvalue weighted by atomic mass is 35.5. The zero-order valence-electron chi connectivity index (χ0n) is 10.5. The minimum Gasteiger partial charge on any atom is -0.327 e. The van der Waals surface area contributed by atoms with Crippen molar-refractivity contribution in [3.05, 3.63) is 29.0 Å². The molecule has 4 heteroatoms. The second kappa shape index (κ2) is 5.07. The average Bonchev–Trinajstić information content (AvgIpc) is 2.57. The lowest BCUT2D eigenvalue weighted by Gasteiger charge is -2.11. The lowest BCUT2D eigenvalue weighted by Crippen LogP contribution is -2.14. The first-order valence-corrected chi connectivity index (χ1v) is 6.29. The van der Waals surface area contributed by atoms with Crippen LogP contribution in [-0.4, -0.2) is 16.6 Å². The summed E-state index contributed by atoms with van der Waals surface area (Å²) < 4.78 is 2.25. The summed E-state index contributed by atoms with van der Waals surface area (Å²) in [5.74, 6) is 1.65. The van der Waals surface area contributed by atoms with Crippen LogP contribution in [0.15, 0.2) is 18.2 Å². The van der Waals surface area contributed by atoms with E-state index in [1.807, 2.05) is 25.2 Å². The molecule has 0 aliphatic heterocycles. The number of aromatic nitrogens is 2. The van der Waals surface area contributed by atoms with Crippen molar-refractivity contribution in [2.24, 2.45) is 5.92 Å². The van der Waals surface area contributed by atoms with Crippen LogP contribution in [0.4, 0.5) is 0 Å². The Morgan fingerprint density at radius 1 is 1.41 bits per heavy atom. The fourth-order valence-electron chi connectivity index (χ4n) is 2.01. The Balaban J connectivity index is 2.55. The molecule has 0 atom stereocenters. The molecule has 3 nitrogen and oxygen atoms in total. The maximum absolute atomic E-state index is 6.06. The van der Waals surface area contributed by atoms with E-state index in [0.29, 0.717) is 5.92 Å². The van der Waals surface area contributed by atoms with Crippen molar-refractivity contribution >= 4 is 22.6 Å². The molecule has 0 fully saturated rings.